The number of nitrogens with zero attached hydrogens (tertiary/aromatic N) is 3. The van der Waals surface area contributed by atoms with Crippen LogP contribution in [0.25, 0.3) is 0 Å². The van der Waals surface area contributed by atoms with Crippen LogP contribution >= 0.6 is 0 Å². The summed E-state index contributed by atoms with van der Waals surface area (Å²) >= 11 is 0. The zero-order valence-electron chi connectivity index (χ0n) is 11.0. The van der Waals surface area contributed by atoms with Gasteiger partial charge in [0.15, 0.2) is 5.69 Å². The number of H-pyrrole nitrogens is 1. The molecule has 1 aliphatic rings. The van der Waals surface area contributed by atoms with E-state index >= 15 is 0 Å². The molecule has 0 atom stereocenters. The number of alkyl halides is 3. The van der Waals surface area contributed by atoms with E-state index in [1.54, 1.807) is 12.3 Å². The molecule has 0 unspecified atom stereocenters. The van der Waals surface area contributed by atoms with Crippen LogP contribution < -0.4 is 4.90 Å². The quantitative estimate of drug-likeness (QED) is 0.878. The minimum atomic E-state index is -4.55. The highest BCUT2D eigenvalue weighted by atomic mass is 19.4. The van der Waals surface area contributed by atoms with Crippen molar-refractivity contribution in [3.05, 3.63) is 41.0 Å². The molecule has 0 aliphatic carbocycles. The molecule has 0 bridgehead atoms. The van der Waals surface area contributed by atoms with Gasteiger partial charge >= 0.3 is 6.18 Å². The van der Waals surface area contributed by atoms with Crippen LogP contribution in [0.5, 0.6) is 0 Å². The van der Waals surface area contributed by atoms with Crippen molar-refractivity contribution in [3.8, 4) is 0 Å². The molecule has 1 amide bonds. The summed E-state index contributed by atoms with van der Waals surface area (Å²) in [4.78, 5) is 17.9. The summed E-state index contributed by atoms with van der Waals surface area (Å²) in [5, 5.41) is 5.31. The number of amides is 1. The number of carbonyl (C=O) groups excluding carboxylic acids is 1. The zero-order chi connectivity index (χ0) is 15.2. The number of rotatable bonds is 1. The predicted octanol–water partition coefficient (Wildman–Crippen LogP) is 2.33. The van der Waals surface area contributed by atoms with Crippen LogP contribution in [0.15, 0.2) is 18.3 Å². The Bertz CT molecular complexity index is 708. The predicted molar refractivity (Wildman–Crippen MR) is 67.9 cm³/mol. The molecule has 110 valence electrons. The van der Waals surface area contributed by atoms with E-state index in [1.165, 1.54) is 4.90 Å². The van der Waals surface area contributed by atoms with Gasteiger partial charge in [0, 0.05) is 25.2 Å². The Morgan fingerprint density at radius 2 is 2.14 bits per heavy atom. The van der Waals surface area contributed by atoms with Crippen molar-refractivity contribution in [2.24, 2.45) is 0 Å². The molecule has 3 rings (SSSR count). The van der Waals surface area contributed by atoms with Crippen molar-refractivity contribution in [3.63, 3.8) is 0 Å². The molecule has 0 spiro atoms. The number of pyridine rings is 1. The van der Waals surface area contributed by atoms with Gasteiger partial charge in [-0.2, -0.15) is 18.3 Å². The minimum Gasteiger partial charge on any atom is -0.305 e. The van der Waals surface area contributed by atoms with Crippen LogP contribution in [-0.4, -0.2) is 27.6 Å². The first-order chi connectivity index (χ1) is 9.86. The number of hydrogen-bond acceptors (Lipinski definition) is 3. The van der Waals surface area contributed by atoms with Crippen molar-refractivity contribution in [1.29, 1.82) is 0 Å². The van der Waals surface area contributed by atoms with Crippen molar-refractivity contribution >= 4 is 11.6 Å². The van der Waals surface area contributed by atoms with E-state index in [2.05, 4.69) is 10.1 Å². The number of fused-ring (bicyclic) bond motifs is 1. The van der Waals surface area contributed by atoms with Gasteiger partial charge in [0.05, 0.1) is 11.4 Å². The molecule has 0 saturated heterocycles. The zero-order valence-corrected chi connectivity index (χ0v) is 11.0. The highest BCUT2D eigenvalue weighted by Gasteiger charge is 2.35. The number of nitrogens with one attached hydrogen (secondary N) is 1. The summed E-state index contributed by atoms with van der Waals surface area (Å²) in [5.41, 5.74) is 0.993. The molecule has 5 nitrogen and oxygen atoms in total. The molecule has 0 saturated carbocycles. The molecule has 1 N–H and O–H groups in total. The van der Waals surface area contributed by atoms with Gasteiger partial charge in [-0.3, -0.25) is 14.9 Å². The second-order valence-electron chi connectivity index (χ2n) is 4.85. The minimum absolute atomic E-state index is 0.253. The standard InChI is InChI=1S/C13H11F3N4O/c1-7-4-10-8(17-6-7)2-3-20(10)12(21)9-5-11(19-18-9)13(14,15)16/h4-6H,2-3H2,1H3,(H,18,19). The molecule has 2 aromatic rings. The summed E-state index contributed by atoms with van der Waals surface area (Å²) in [6.07, 6.45) is -2.27. The lowest BCUT2D eigenvalue weighted by atomic mass is 10.2. The summed E-state index contributed by atoms with van der Waals surface area (Å²) < 4.78 is 37.6. The first-order valence-electron chi connectivity index (χ1n) is 6.26. The first kappa shape index (κ1) is 13.6. The van der Waals surface area contributed by atoms with Crippen molar-refractivity contribution in [2.75, 3.05) is 11.4 Å². The monoisotopic (exact) mass is 296 g/mol. The van der Waals surface area contributed by atoms with Gasteiger partial charge in [-0.25, -0.2) is 0 Å². The number of hydrogen-bond donors (Lipinski definition) is 1. The molecule has 0 fully saturated rings. The van der Waals surface area contributed by atoms with Crippen LogP contribution in [0.4, 0.5) is 18.9 Å². The second kappa shape index (κ2) is 4.57. The maximum Gasteiger partial charge on any atom is 0.432 e. The Morgan fingerprint density at radius 3 is 2.81 bits per heavy atom. The lowest BCUT2D eigenvalue weighted by Crippen LogP contribution is -2.29. The highest BCUT2D eigenvalue weighted by molar-refractivity contribution is 6.06. The maximum absolute atomic E-state index is 12.5. The van der Waals surface area contributed by atoms with Crippen LogP contribution in [0.1, 0.15) is 27.4 Å². The summed E-state index contributed by atoms with van der Waals surface area (Å²) in [7, 11) is 0. The maximum atomic E-state index is 12.5. The Hall–Kier alpha value is -2.38. The van der Waals surface area contributed by atoms with Gasteiger partial charge < -0.3 is 4.90 Å². The van der Waals surface area contributed by atoms with Crippen LogP contribution in [-0.2, 0) is 12.6 Å². The fourth-order valence-electron chi connectivity index (χ4n) is 2.27. The Balaban J connectivity index is 1.91. The van der Waals surface area contributed by atoms with Crippen LogP contribution in [0.3, 0.4) is 0 Å². The summed E-state index contributed by atoms with van der Waals surface area (Å²) in [6, 6.07) is 2.52. The molecule has 0 radical (unpaired) electrons. The average Bonchev–Trinajstić information content (AvgIpc) is 3.03. The summed E-state index contributed by atoms with van der Waals surface area (Å²) in [5.74, 6) is -0.562. The number of anilines is 1. The largest absolute Gasteiger partial charge is 0.432 e. The SMILES string of the molecule is Cc1cnc2c(c1)N(C(=O)c1cc(C(F)(F)F)[nH]n1)CC2. The van der Waals surface area contributed by atoms with Gasteiger partial charge in [0.1, 0.15) is 5.69 Å². The number of halogens is 3. The smallest absolute Gasteiger partial charge is 0.305 e. The third-order valence-electron chi connectivity index (χ3n) is 3.29. The molecular weight excluding hydrogens is 285 g/mol. The van der Waals surface area contributed by atoms with E-state index in [0.29, 0.717) is 18.7 Å². The summed E-state index contributed by atoms with van der Waals surface area (Å²) in [6.45, 7) is 2.23. The number of aromatic amines is 1. The lowest BCUT2D eigenvalue weighted by molar-refractivity contribution is -0.141. The topological polar surface area (TPSA) is 61.9 Å². The molecule has 0 aromatic carbocycles. The third kappa shape index (κ3) is 2.37. The normalized spacial score (nSPS) is 14.4. The third-order valence-corrected chi connectivity index (χ3v) is 3.29. The lowest BCUT2D eigenvalue weighted by Gasteiger charge is -2.15. The van der Waals surface area contributed by atoms with E-state index < -0.39 is 17.8 Å². The van der Waals surface area contributed by atoms with Crippen LogP contribution in [0.2, 0.25) is 0 Å². The average molecular weight is 296 g/mol. The van der Waals surface area contributed by atoms with Gasteiger partial charge in [-0.1, -0.05) is 0 Å². The number of carbonyl (C=O) groups is 1. The Morgan fingerprint density at radius 1 is 1.38 bits per heavy atom. The molecule has 8 heteroatoms. The van der Waals surface area contributed by atoms with E-state index in [0.717, 1.165) is 17.3 Å². The van der Waals surface area contributed by atoms with Crippen molar-refractivity contribution < 1.29 is 18.0 Å². The molecule has 2 aromatic heterocycles. The fraction of sp³-hybridized carbons (Fsp3) is 0.308. The van der Waals surface area contributed by atoms with Crippen LogP contribution in [0, 0.1) is 6.92 Å². The molecule has 3 heterocycles. The van der Waals surface area contributed by atoms with Gasteiger partial charge in [-0.15, -0.1) is 0 Å². The van der Waals surface area contributed by atoms with E-state index in [4.69, 9.17) is 0 Å². The van der Waals surface area contributed by atoms with Gasteiger partial charge in [0.2, 0.25) is 0 Å². The van der Waals surface area contributed by atoms with Gasteiger partial charge in [0.25, 0.3) is 5.91 Å². The first-order valence-corrected chi connectivity index (χ1v) is 6.26. The number of aryl methyl sites for hydroxylation is 1. The van der Waals surface area contributed by atoms with Gasteiger partial charge in [-0.05, 0) is 18.6 Å². The molecule has 1 aliphatic heterocycles. The second-order valence-corrected chi connectivity index (χ2v) is 4.85. The van der Waals surface area contributed by atoms with E-state index in [9.17, 15) is 18.0 Å². The van der Waals surface area contributed by atoms with E-state index in [-0.39, 0.29) is 5.69 Å². The highest BCUT2D eigenvalue weighted by Crippen LogP contribution is 2.30. The molecule has 21 heavy (non-hydrogen) atoms. The molecular formula is C13H11F3N4O. The van der Waals surface area contributed by atoms with E-state index in [1.807, 2.05) is 12.0 Å². The fourth-order valence-corrected chi connectivity index (χ4v) is 2.27. The Labute approximate surface area is 117 Å². The Kier molecular flexibility index (Phi) is 2.96. The number of aromatic nitrogens is 3. The van der Waals surface area contributed by atoms with Crippen molar-refractivity contribution in [2.45, 2.75) is 19.5 Å². The van der Waals surface area contributed by atoms with Crippen molar-refractivity contribution in [1.82, 2.24) is 15.2 Å².